The highest BCUT2D eigenvalue weighted by Crippen LogP contribution is 2.31. The average molecular weight is 415 g/mol. The number of nitrogen functional groups attached to an aromatic ring is 1. The summed E-state index contributed by atoms with van der Waals surface area (Å²) in [5.74, 6) is -0.0283. The number of benzene rings is 1. The highest BCUT2D eigenvalue weighted by atomic mass is 79.9. The Morgan fingerprint density at radius 2 is 1.79 bits per heavy atom. The van der Waals surface area contributed by atoms with Crippen molar-refractivity contribution in [3.8, 4) is 0 Å². The fourth-order valence-corrected chi connectivity index (χ4v) is 4.03. The molecule has 1 aromatic carbocycles. The van der Waals surface area contributed by atoms with E-state index < -0.39 is 9.84 Å². The van der Waals surface area contributed by atoms with Crippen LogP contribution in [0.15, 0.2) is 26.0 Å². The lowest BCUT2D eigenvalue weighted by atomic mass is 10.3. The van der Waals surface area contributed by atoms with Crippen molar-refractivity contribution < 1.29 is 13.2 Å². The van der Waals surface area contributed by atoms with E-state index in [4.69, 9.17) is 10.5 Å². The molecule has 0 amide bonds. The quantitative estimate of drug-likeness (QED) is 0.548. The minimum Gasteiger partial charge on any atom is -0.397 e. The molecule has 0 heterocycles. The van der Waals surface area contributed by atoms with Gasteiger partial charge in [0.15, 0.2) is 9.84 Å². The minimum atomic E-state index is -3.35. The molecule has 0 aliphatic rings. The molecule has 7 heteroatoms. The highest BCUT2D eigenvalue weighted by molar-refractivity contribution is 9.11. The van der Waals surface area contributed by atoms with E-state index in [-0.39, 0.29) is 17.3 Å². The Hall–Kier alpha value is -0.110. The topological polar surface area (TPSA) is 69.4 Å². The van der Waals surface area contributed by atoms with Crippen LogP contribution in [0.4, 0.5) is 5.69 Å². The van der Waals surface area contributed by atoms with Gasteiger partial charge >= 0.3 is 0 Å². The molecule has 0 spiro atoms. The lowest BCUT2D eigenvalue weighted by molar-refractivity contribution is 0.146. The Bertz CT molecular complexity index is 509. The lowest BCUT2D eigenvalue weighted by Crippen LogP contribution is -2.13. The Labute approximate surface area is 130 Å². The van der Waals surface area contributed by atoms with Gasteiger partial charge in [0.1, 0.15) is 0 Å². The van der Waals surface area contributed by atoms with Crippen LogP contribution in [0.5, 0.6) is 0 Å². The molecular weight excluding hydrogens is 398 g/mol. The fourth-order valence-electron chi connectivity index (χ4n) is 1.38. The molecule has 19 heavy (non-hydrogen) atoms. The lowest BCUT2D eigenvalue weighted by Gasteiger charge is -2.08. The Balaban J connectivity index is 2.72. The molecule has 0 aliphatic heterocycles. The second-order valence-corrected chi connectivity index (χ2v) is 7.90. The molecule has 4 nitrogen and oxygen atoms in total. The summed E-state index contributed by atoms with van der Waals surface area (Å²) in [6, 6.07) is 3.03. The van der Waals surface area contributed by atoms with Gasteiger partial charge in [-0.3, -0.25) is 0 Å². The standard InChI is InChI=1S/C12H17Br2NO3S/c1-2-3-4-18-5-6-19(16,17)9-7-10(13)12(15)11(14)8-9/h7-8H,2-6,15H2,1H3. The summed E-state index contributed by atoms with van der Waals surface area (Å²) in [4.78, 5) is 0.236. The summed E-state index contributed by atoms with van der Waals surface area (Å²) in [5, 5.41) is 0. The number of ether oxygens (including phenoxy) is 1. The summed E-state index contributed by atoms with van der Waals surface area (Å²) in [6.07, 6.45) is 1.98. The maximum absolute atomic E-state index is 12.1. The molecule has 0 radical (unpaired) electrons. The van der Waals surface area contributed by atoms with Crippen LogP contribution in [0.1, 0.15) is 19.8 Å². The molecular formula is C12H17Br2NO3S. The van der Waals surface area contributed by atoms with Gasteiger partial charge in [-0.1, -0.05) is 13.3 Å². The van der Waals surface area contributed by atoms with E-state index in [0.717, 1.165) is 12.8 Å². The van der Waals surface area contributed by atoms with Crippen molar-refractivity contribution in [1.82, 2.24) is 0 Å². The Morgan fingerprint density at radius 1 is 1.21 bits per heavy atom. The summed E-state index contributed by atoms with van der Waals surface area (Å²) >= 11 is 6.48. The van der Waals surface area contributed by atoms with Crippen LogP contribution < -0.4 is 5.73 Å². The van der Waals surface area contributed by atoms with E-state index in [9.17, 15) is 8.42 Å². The normalized spacial score (nSPS) is 11.7. The molecule has 0 aromatic heterocycles. The Morgan fingerprint density at radius 3 is 2.32 bits per heavy atom. The van der Waals surface area contributed by atoms with Crippen LogP contribution in [0.25, 0.3) is 0 Å². The van der Waals surface area contributed by atoms with Crippen LogP contribution in [0, 0.1) is 0 Å². The van der Waals surface area contributed by atoms with Gasteiger partial charge in [-0.05, 0) is 50.4 Å². The third-order valence-corrected chi connectivity index (χ3v) is 5.52. The maximum Gasteiger partial charge on any atom is 0.180 e. The first kappa shape index (κ1) is 16.9. The molecule has 0 aliphatic carbocycles. The van der Waals surface area contributed by atoms with Gasteiger partial charge in [0.25, 0.3) is 0 Å². The first-order chi connectivity index (χ1) is 8.88. The number of anilines is 1. The van der Waals surface area contributed by atoms with Crippen molar-refractivity contribution in [2.45, 2.75) is 24.7 Å². The van der Waals surface area contributed by atoms with Gasteiger partial charge in [0.05, 0.1) is 22.9 Å². The van der Waals surface area contributed by atoms with Gasteiger partial charge in [-0.15, -0.1) is 0 Å². The van der Waals surface area contributed by atoms with Crippen molar-refractivity contribution in [3.63, 3.8) is 0 Å². The van der Waals surface area contributed by atoms with Crippen molar-refractivity contribution >= 4 is 47.4 Å². The Kier molecular flexibility index (Phi) is 6.79. The van der Waals surface area contributed by atoms with Crippen molar-refractivity contribution in [3.05, 3.63) is 21.1 Å². The number of nitrogens with two attached hydrogens (primary N) is 1. The number of halogens is 2. The molecule has 0 saturated carbocycles. The maximum atomic E-state index is 12.1. The SMILES string of the molecule is CCCCOCCS(=O)(=O)c1cc(Br)c(N)c(Br)c1. The zero-order valence-electron chi connectivity index (χ0n) is 10.7. The second kappa shape index (κ2) is 7.61. The summed E-state index contributed by atoms with van der Waals surface area (Å²) in [6.45, 7) is 2.87. The molecule has 0 atom stereocenters. The summed E-state index contributed by atoms with van der Waals surface area (Å²) in [5.41, 5.74) is 6.22. The summed E-state index contributed by atoms with van der Waals surface area (Å²) < 4.78 is 30.6. The number of unbranched alkanes of at least 4 members (excludes halogenated alkanes) is 1. The molecule has 0 bridgehead atoms. The van der Waals surface area contributed by atoms with E-state index in [2.05, 4.69) is 38.8 Å². The fraction of sp³-hybridized carbons (Fsp3) is 0.500. The molecule has 0 saturated heterocycles. The van der Waals surface area contributed by atoms with E-state index >= 15 is 0 Å². The van der Waals surface area contributed by atoms with Gasteiger partial charge in [0, 0.05) is 15.6 Å². The first-order valence-corrected chi connectivity index (χ1v) is 9.17. The minimum absolute atomic E-state index is 0.0283. The van der Waals surface area contributed by atoms with Crippen LogP contribution in [-0.2, 0) is 14.6 Å². The van der Waals surface area contributed by atoms with E-state index in [1.54, 1.807) is 0 Å². The molecule has 2 N–H and O–H groups in total. The van der Waals surface area contributed by atoms with Crippen LogP contribution in [0.2, 0.25) is 0 Å². The number of sulfone groups is 1. The van der Waals surface area contributed by atoms with Crippen LogP contribution in [0.3, 0.4) is 0 Å². The predicted molar refractivity (Wildman–Crippen MR) is 84.0 cm³/mol. The zero-order valence-corrected chi connectivity index (χ0v) is 14.6. The predicted octanol–water partition coefficient (Wildman–Crippen LogP) is 3.38. The number of hydrogen-bond acceptors (Lipinski definition) is 4. The van der Waals surface area contributed by atoms with Gasteiger partial charge in [-0.2, -0.15) is 0 Å². The monoisotopic (exact) mass is 413 g/mol. The average Bonchev–Trinajstić information content (AvgIpc) is 2.35. The van der Waals surface area contributed by atoms with Gasteiger partial charge in [0.2, 0.25) is 0 Å². The molecule has 1 rings (SSSR count). The molecule has 0 fully saturated rings. The van der Waals surface area contributed by atoms with Crippen LogP contribution in [-0.4, -0.2) is 27.4 Å². The van der Waals surface area contributed by atoms with Crippen molar-refractivity contribution in [1.29, 1.82) is 0 Å². The van der Waals surface area contributed by atoms with E-state index in [0.29, 0.717) is 21.2 Å². The third kappa shape index (κ3) is 5.06. The molecule has 0 unspecified atom stereocenters. The molecule has 1 aromatic rings. The van der Waals surface area contributed by atoms with Crippen molar-refractivity contribution in [2.75, 3.05) is 24.7 Å². The van der Waals surface area contributed by atoms with Gasteiger partial charge < -0.3 is 10.5 Å². The van der Waals surface area contributed by atoms with E-state index in [1.165, 1.54) is 12.1 Å². The highest BCUT2D eigenvalue weighted by Gasteiger charge is 2.17. The molecule has 108 valence electrons. The van der Waals surface area contributed by atoms with Crippen molar-refractivity contribution in [2.24, 2.45) is 0 Å². The number of rotatable bonds is 7. The smallest absolute Gasteiger partial charge is 0.180 e. The second-order valence-electron chi connectivity index (χ2n) is 4.09. The largest absolute Gasteiger partial charge is 0.397 e. The van der Waals surface area contributed by atoms with Crippen LogP contribution >= 0.6 is 31.9 Å². The van der Waals surface area contributed by atoms with E-state index in [1.807, 2.05) is 0 Å². The third-order valence-electron chi connectivity index (χ3n) is 2.55. The van der Waals surface area contributed by atoms with Gasteiger partial charge in [-0.25, -0.2) is 8.42 Å². The number of hydrogen-bond donors (Lipinski definition) is 1. The zero-order chi connectivity index (χ0) is 14.5. The first-order valence-electron chi connectivity index (χ1n) is 5.93. The summed E-state index contributed by atoms with van der Waals surface area (Å²) in [7, 11) is -3.35.